The van der Waals surface area contributed by atoms with Crippen LogP contribution >= 0.6 is 7.82 Å². The van der Waals surface area contributed by atoms with Gasteiger partial charge in [0, 0.05) is 12.1 Å². The maximum absolute atomic E-state index is 11.2. The monoisotopic (exact) mass is 515 g/mol. The van der Waals surface area contributed by atoms with Crippen LogP contribution in [0.2, 0.25) is 0 Å². The number of nitrogens with one attached hydrogen (secondary N) is 1. The molecule has 8 N–H and O–H groups in total. The van der Waals surface area contributed by atoms with E-state index in [1.54, 1.807) is 0 Å². The van der Waals surface area contributed by atoms with Gasteiger partial charge in [-0.3, -0.25) is 14.4 Å². The number of aliphatic hydroxyl groups excluding tert-OH is 3. The molecule has 35 heavy (non-hydrogen) atoms. The number of fused-ring (bicyclic) bond motifs is 1. The highest BCUT2D eigenvalue weighted by Crippen LogP contribution is 2.50. The van der Waals surface area contributed by atoms with Gasteiger partial charge in [0.1, 0.15) is 24.6 Å². The first kappa shape index (κ1) is 24.9. The average molecular weight is 515 g/mol. The Labute approximate surface area is 196 Å². The molecule has 1 aliphatic rings. The molecule has 3 aromatic rings. The molecule has 17 heteroatoms. The molecule has 0 amide bonds. The van der Waals surface area contributed by atoms with Crippen LogP contribution in [0.4, 0.5) is 5.82 Å². The van der Waals surface area contributed by atoms with Crippen LogP contribution in [-0.4, -0.2) is 86.9 Å². The molecular formula is C18H22N5O11P. The van der Waals surface area contributed by atoms with Gasteiger partial charge in [0.25, 0.3) is 0 Å². The number of phenolic OH excluding ortho intramolecular Hbond substituents is 2. The van der Waals surface area contributed by atoms with Crippen LogP contribution in [0.3, 0.4) is 0 Å². The van der Waals surface area contributed by atoms with Crippen molar-refractivity contribution < 1.29 is 53.9 Å². The van der Waals surface area contributed by atoms with Crippen LogP contribution in [0.5, 0.6) is 23.0 Å². The lowest BCUT2D eigenvalue weighted by molar-refractivity contribution is -0.0511. The Bertz CT molecular complexity index is 1280. The standard InChI is InChI=1S/C18H22N5O11P/c1-32-15-11(25)7(2-8(13(15)27)34-35(29,30)31)3-19-16-10-17(21-5-20-16)23(6-22-10)18-14(28)12(26)9(4-24)33-18/h2,5-6,9,12,14,18,24-28H,3-4H2,1H3,(H,19,20,21)(H2,29,30,31)/t9-,12-,14-,18-/m1/s1. The Kier molecular flexibility index (Phi) is 6.70. The van der Waals surface area contributed by atoms with Crippen molar-refractivity contribution in [1.82, 2.24) is 19.5 Å². The molecule has 3 heterocycles. The van der Waals surface area contributed by atoms with E-state index in [0.29, 0.717) is 0 Å². The zero-order valence-corrected chi connectivity index (χ0v) is 18.8. The molecule has 1 saturated heterocycles. The number of methoxy groups -OCH3 is 1. The van der Waals surface area contributed by atoms with Gasteiger partial charge < -0.3 is 44.8 Å². The Morgan fingerprint density at radius 2 is 1.91 bits per heavy atom. The number of hydrogen-bond donors (Lipinski definition) is 8. The van der Waals surface area contributed by atoms with Gasteiger partial charge in [-0.1, -0.05) is 0 Å². The molecule has 190 valence electrons. The Balaban J connectivity index is 1.63. The fraction of sp³-hybridized carbons (Fsp3) is 0.389. The highest BCUT2D eigenvalue weighted by molar-refractivity contribution is 7.46. The first-order valence-electron chi connectivity index (χ1n) is 9.96. The van der Waals surface area contributed by atoms with E-state index in [4.69, 9.17) is 19.3 Å². The van der Waals surface area contributed by atoms with Crippen molar-refractivity contribution in [3.8, 4) is 23.0 Å². The number of imidazole rings is 1. The van der Waals surface area contributed by atoms with E-state index in [-0.39, 0.29) is 29.1 Å². The second kappa shape index (κ2) is 9.43. The molecule has 0 unspecified atom stereocenters. The lowest BCUT2D eigenvalue weighted by Crippen LogP contribution is -2.33. The quantitative estimate of drug-likeness (QED) is 0.167. The minimum atomic E-state index is -5.03. The third-order valence-corrected chi connectivity index (χ3v) is 5.73. The number of benzene rings is 1. The Morgan fingerprint density at radius 1 is 1.17 bits per heavy atom. The van der Waals surface area contributed by atoms with Crippen molar-refractivity contribution in [3.63, 3.8) is 0 Å². The number of anilines is 1. The number of phosphoric ester groups is 1. The van der Waals surface area contributed by atoms with E-state index in [1.165, 1.54) is 17.2 Å². The topological polar surface area (TPSA) is 242 Å². The normalized spacial score (nSPS) is 22.5. The minimum absolute atomic E-state index is 0.0257. The summed E-state index contributed by atoms with van der Waals surface area (Å²) < 4.78 is 27.5. The molecule has 2 aromatic heterocycles. The summed E-state index contributed by atoms with van der Waals surface area (Å²) in [5, 5.41) is 53.0. The first-order valence-corrected chi connectivity index (χ1v) is 11.5. The number of aromatic nitrogens is 4. The predicted molar refractivity (Wildman–Crippen MR) is 115 cm³/mol. The average Bonchev–Trinajstić information content (AvgIpc) is 3.35. The molecule has 0 radical (unpaired) electrons. The fourth-order valence-electron chi connectivity index (χ4n) is 3.65. The molecule has 1 aliphatic heterocycles. The number of ether oxygens (including phenoxy) is 2. The number of phosphoric acid groups is 1. The summed E-state index contributed by atoms with van der Waals surface area (Å²) in [6, 6.07) is 1.01. The molecule has 16 nitrogen and oxygen atoms in total. The van der Waals surface area contributed by atoms with Crippen LogP contribution < -0.4 is 14.6 Å². The zero-order valence-electron chi connectivity index (χ0n) is 18.0. The molecule has 0 aliphatic carbocycles. The van der Waals surface area contributed by atoms with E-state index in [0.717, 1.165) is 13.2 Å². The van der Waals surface area contributed by atoms with Gasteiger partial charge in [-0.2, -0.15) is 0 Å². The van der Waals surface area contributed by atoms with E-state index < -0.39 is 62.0 Å². The van der Waals surface area contributed by atoms with E-state index in [9.17, 15) is 30.1 Å². The maximum Gasteiger partial charge on any atom is 0.524 e. The highest BCUT2D eigenvalue weighted by Gasteiger charge is 2.44. The van der Waals surface area contributed by atoms with E-state index in [1.807, 2.05) is 0 Å². The zero-order chi connectivity index (χ0) is 25.5. The third-order valence-electron chi connectivity index (χ3n) is 5.29. The highest BCUT2D eigenvalue weighted by atomic mass is 31.2. The summed E-state index contributed by atoms with van der Waals surface area (Å²) in [5.41, 5.74) is 0.468. The third kappa shape index (κ3) is 4.68. The second-order valence-corrected chi connectivity index (χ2v) is 8.64. The molecule has 4 rings (SSSR count). The van der Waals surface area contributed by atoms with Crippen LogP contribution in [0, 0.1) is 0 Å². The molecule has 0 spiro atoms. The number of nitrogens with zero attached hydrogens (tertiary/aromatic N) is 4. The minimum Gasteiger partial charge on any atom is -0.504 e. The largest absolute Gasteiger partial charge is 0.524 e. The van der Waals surface area contributed by atoms with Crippen LogP contribution in [0.15, 0.2) is 18.7 Å². The van der Waals surface area contributed by atoms with Gasteiger partial charge in [-0.25, -0.2) is 19.5 Å². The molecule has 0 saturated carbocycles. The SMILES string of the molecule is COc1c(O)c(CNc2ncnc3c2ncn3[C@@H]2O[C@H](CO)[C@@H](O)[C@H]2O)cc(OP(=O)(O)O)c1O. The van der Waals surface area contributed by atoms with Crippen molar-refractivity contribution in [1.29, 1.82) is 0 Å². The summed E-state index contributed by atoms with van der Waals surface area (Å²) in [6.45, 7) is -0.691. The van der Waals surface area contributed by atoms with Gasteiger partial charge in [0.05, 0.1) is 20.0 Å². The summed E-state index contributed by atoms with van der Waals surface area (Å²) >= 11 is 0. The van der Waals surface area contributed by atoms with Gasteiger partial charge in [0.15, 0.2) is 34.7 Å². The molecule has 1 aromatic carbocycles. The second-order valence-electron chi connectivity index (χ2n) is 7.47. The van der Waals surface area contributed by atoms with Crippen molar-refractivity contribution in [2.45, 2.75) is 31.1 Å². The van der Waals surface area contributed by atoms with E-state index in [2.05, 4.69) is 24.8 Å². The lowest BCUT2D eigenvalue weighted by atomic mass is 10.1. The predicted octanol–water partition coefficient (Wildman–Crippen LogP) is -1.06. The van der Waals surface area contributed by atoms with Gasteiger partial charge in [0.2, 0.25) is 11.5 Å². The van der Waals surface area contributed by atoms with Crippen LogP contribution in [-0.2, 0) is 15.8 Å². The van der Waals surface area contributed by atoms with Crippen molar-refractivity contribution >= 4 is 24.8 Å². The number of aromatic hydroxyl groups is 2. The van der Waals surface area contributed by atoms with Gasteiger partial charge in [-0.15, -0.1) is 0 Å². The van der Waals surface area contributed by atoms with Crippen molar-refractivity contribution in [2.75, 3.05) is 19.0 Å². The van der Waals surface area contributed by atoms with Gasteiger partial charge in [-0.05, 0) is 6.07 Å². The molecule has 0 bridgehead atoms. The maximum atomic E-state index is 11.2. The summed E-state index contributed by atoms with van der Waals surface area (Å²) in [4.78, 5) is 30.6. The first-order chi connectivity index (χ1) is 16.6. The number of aliphatic hydroxyl groups is 3. The fourth-order valence-corrected chi connectivity index (χ4v) is 4.04. The van der Waals surface area contributed by atoms with Crippen LogP contribution in [0.25, 0.3) is 11.2 Å². The molecular weight excluding hydrogens is 493 g/mol. The smallest absolute Gasteiger partial charge is 0.504 e. The number of hydrogen-bond acceptors (Lipinski definition) is 13. The lowest BCUT2D eigenvalue weighted by Gasteiger charge is -2.17. The molecule has 1 fully saturated rings. The Hall–Kier alpha value is -3.24. The van der Waals surface area contributed by atoms with Gasteiger partial charge >= 0.3 is 7.82 Å². The summed E-state index contributed by atoms with van der Waals surface area (Å²) in [7, 11) is -3.90. The summed E-state index contributed by atoms with van der Waals surface area (Å²) in [6.07, 6.45) is -2.26. The number of rotatable bonds is 8. The Morgan fingerprint density at radius 3 is 2.54 bits per heavy atom. The van der Waals surface area contributed by atoms with E-state index >= 15 is 0 Å². The van der Waals surface area contributed by atoms with Crippen molar-refractivity contribution in [3.05, 3.63) is 24.3 Å². The van der Waals surface area contributed by atoms with Crippen LogP contribution in [0.1, 0.15) is 11.8 Å². The van der Waals surface area contributed by atoms with Crippen molar-refractivity contribution in [2.24, 2.45) is 0 Å². The summed E-state index contributed by atoms with van der Waals surface area (Å²) in [5.74, 6) is -2.23. The number of phenols is 2. The molecule has 4 atom stereocenters.